The van der Waals surface area contributed by atoms with Crippen molar-refractivity contribution < 1.29 is 9.90 Å². The van der Waals surface area contributed by atoms with Crippen molar-refractivity contribution in [3.05, 3.63) is 29.8 Å². The lowest BCUT2D eigenvalue weighted by Gasteiger charge is -2.17. The molecule has 0 radical (unpaired) electrons. The molecule has 0 bridgehead atoms. The number of fused-ring (bicyclic) bond motifs is 1. The van der Waals surface area contributed by atoms with Crippen LogP contribution in [0.3, 0.4) is 0 Å². The minimum Gasteiger partial charge on any atom is -0.393 e. The molecule has 3 atom stereocenters. The third kappa shape index (κ3) is 3.27. The van der Waals surface area contributed by atoms with E-state index in [1.807, 2.05) is 24.3 Å². The quantitative estimate of drug-likeness (QED) is 0.889. The number of hydrogen-bond acceptors (Lipinski definition) is 3. The van der Waals surface area contributed by atoms with Gasteiger partial charge in [0.15, 0.2) is 0 Å². The molecule has 1 saturated heterocycles. The number of anilines is 1. The first kappa shape index (κ1) is 14.5. The second kappa shape index (κ2) is 6.16. The van der Waals surface area contributed by atoms with Crippen molar-refractivity contribution in [2.75, 3.05) is 25.0 Å². The molecule has 1 heterocycles. The standard InChI is InChI=1S/C17H24N2O2/c1-2-12-3-6-14(7-4-12)18-17(21)11-19-9-13-5-8-16(20)15(13)10-19/h3-4,6-7,13,15-16,20H,2,5,8-11H2,1H3,(H,18,21). The minimum atomic E-state index is -0.162. The van der Waals surface area contributed by atoms with Gasteiger partial charge in [-0.15, -0.1) is 0 Å². The van der Waals surface area contributed by atoms with E-state index in [1.165, 1.54) is 5.56 Å². The number of hydrogen-bond donors (Lipinski definition) is 2. The van der Waals surface area contributed by atoms with E-state index in [-0.39, 0.29) is 12.0 Å². The van der Waals surface area contributed by atoms with Crippen LogP contribution in [0.1, 0.15) is 25.3 Å². The summed E-state index contributed by atoms with van der Waals surface area (Å²) in [6.45, 7) is 4.35. The molecule has 2 N–H and O–H groups in total. The van der Waals surface area contributed by atoms with Gasteiger partial charge >= 0.3 is 0 Å². The number of carbonyl (C=O) groups excluding carboxylic acids is 1. The van der Waals surface area contributed by atoms with Gasteiger partial charge in [-0.05, 0) is 42.9 Å². The third-order valence-electron chi connectivity index (χ3n) is 4.91. The zero-order valence-corrected chi connectivity index (χ0v) is 12.6. The molecule has 2 aliphatic rings. The fourth-order valence-electron chi connectivity index (χ4n) is 3.69. The molecule has 3 rings (SSSR count). The Bertz CT molecular complexity index is 500. The van der Waals surface area contributed by atoms with Crippen molar-refractivity contribution in [3.8, 4) is 0 Å². The highest BCUT2D eigenvalue weighted by atomic mass is 16.3. The molecular weight excluding hydrogens is 264 g/mol. The number of carbonyl (C=O) groups is 1. The van der Waals surface area contributed by atoms with Gasteiger partial charge in [0.2, 0.25) is 5.91 Å². The number of nitrogens with zero attached hydrogens (tertiary/aromatic N) is 1. The molecule has 3 unspecified atom stereocenters. The van der Waals surface area contributed by atoms with Crippen LogP contribution >= 0.6 is 0 Å². The van der Waals surface area contributed by atoms with E-state index in [1.54, 1.807) is 0 Å². The highest BCUT2D eigenvalue weighted by Gasteiger charge is 2.41. The SMILES string of the molecule is CCc1ccc(NC(=O)CN2CC3CCC(O)C3C2)cc1. The molecule has 4 heteroatoms. The number of benzene rings is 1. The van der Waals surface area contributed by atoms with Gasteiger partial charge in [-0.3, -0.25) is 9.69 Å². The molecule has 21 heavy (non-hydrogen) atoms. The van der Waals surface area contributed by atoms with Crippen molar-refractivity contribution in [2.24, 2.45) is 11.8 Å². The van der Waals surface area contributed by atoms with Crippen LogP contribution in [0, 0.1) is 11.8 Å². The van der Waals surface area contributed by atoms with Crippen LogP contribution in [0.2, 0.25) is 0 Å². The Hall–Kier alpha value is -1.39. The lowest BCUT2D eigenvalue weighted by atomic mass is 10.00. The first-order chi connectivity index (χ1) is 10.2. The van der Waals surface area contributed by atoms with Crippen molar-refractivity contribution in [1.82, 2.24) is 4.90 Å². The van der Waals surface area contributed by atoms with Crippen LogP contribution in [0.15, 0.2) is 24.3 Å². The Kier molecular flexibility index (Phi) is 4.27. The van der Waals surface area contributed by atoms with Crippen molar-refractivity contribution >= 4 is 11.6 Å². The summed E-state index contributed by atoms with van der Waals surface area (Å²) in [5, 5.41) is 12.9. The zero-order valence-electron chi connectivity index (χ0n) is 12.6. The monoisotopic (exact) mass is 288 g/mol. The molecule has 114 valence electrons. The average molecular weight is 288 g/mol. The third-order valence-corrected chi connectivity index (χ3v) is 4.91. The number of likely N-dealkylation sites (tertiary alicyclic amines) is 1. The zero-order chi connectivity index (χ0) is 14.8. The molecule has 1 aromatic carbocycles. The summed E-state index contributed by atoms with van der Waals surface area (Å²) in [5.41, 5.74) is 2.13. The highest BCUT2D eigenvalue weighted by molar-refractivity contribution is 5.92. The first-order valence-corrected chi connectivity index (χ1v) is 7.95. The Balaban J connectivity index is 1.50. The molecule has 0 spiro atoms. The van der Waals surface area contributed by atoms with E-state index in [0.29, 0.717) is 18.4 Å². The Morgan fingerprint density at radius 1 is 1.29 bits per heavy atom. The van der Waals surface area contributed by atoms with Crippen molar-refractivity contribution in [3.63, 3.8) is 0 Å². The maximum atomic E-state index is 12.1. The predicted octanol–water partition coefficient (Wildman–Crippen LogP) is 1.89. The number of aliphatic hydroxyl groups excluding tert-OH is 1. The Morgan fingerprint density at radius 2 is 2.05 bits per heavy atom. The van der Waals surface area contributed by atoms with E-state index < -0.39 is 0 Å². The fraction of sp³-hybridized carbons (Fsp3) is 0.588. The summed E-state index contributed by atoms with van der Waals surface area (Å²) in [4.78, 5) is 14.3. The number of aliphatic hydroxyl groups is 1. The van der Waals surface area contributed by atoms with Crippen LogP contribution < -0.4 is 5.32 Å². The van der Waals surface area contributed by atoms with Gasteiger partial charge in [0, 0.05) is 24.7 Å². The van der Waals surface area contributed by atoms with E-state index in [9.17, 15) is 9.90 Å². The Morgan fingerprint density at radius 3 is 2.71 bits per heavy atom. The molecule has 1 saturated carbocycles. The first-order valence-electron chi connectivity index (χ1n) is 7.95. The van der Waals surface area contributed by atoms with Gasteiger partial charge in [-0.1, -0.05) is 19.1 Å². The second-order valence-corrected chi connectivity index (χ2v) is 6.36. The van der Waals surface area contributed by atoms with Crippen LogP contribution in [0.25, 0.3) is 0 Å². The Labute approximate surface area is 126 Å². The van der Waals surface area contributed by atoms with Crippen molar-refractivity contribution in [1.29, 1.82) is 0 Å². The van der Waals surface area contributed by atoms with Gasteiger partial charge in [0.05, 0.1) is 12.6 Å². The minimum absolute atomic E-state index is 0.0358. The maximum Gasteiger partial charge on any atom is 0.238 e. The van der Waals surface area contributed by atoms with Gasteiger partial charge in [-0.25, -0.2) is 0 Å². The fourth-order valence-corrected chi connectivity index (χ4v) is 3.69. The van der Waals surface area contributed by atoms with Gasteiger partial charge in [0.1, 0.15) is 0 Å². The van der Waals surface area contributed by atoms with Gasteiger partial charge in [-0.2, -0.15) is 0 Å². The topological polar surface area (TPSA) is 52.6 Å². The summed E-state index contributed by atoms with van der Waals surface area (Å²) >= 11 is 0. The highest BCUT2D eigenvalue weighted by Crippen LogP contribution is 2.37. The summed E-state index contributed by atoms with van der Waals surface area (Å²) in [7, 11) is 0. The van der Waals surface area contributed by atoms with E-state index in [0.717, 1.165) is 38.0 Å². The molecule has 1 aliphatic carbocycles. The normalized spacial score (nSPS) is 28.6. The number of nitrogens with one attached hydrogen (secondary N) is 1. The maximum absolute atomic E-state index is 12.1. The van der Waals surface area contributed by atoms with E-state index in [2.05, 4.69) is 17.1 Å². The summed E-state index contributed by atoms with van der Waals surface area (Å²) in [6.07, 6.45) is 2.87. The predicted molar refractivity (Wildman–Crippen MR) is 83.1 cm³/mol. The van der Waals surface area contributed by atoms with Gasteiger partial charge < -0.3 is 10.4 Å². The van der Waals surface area contributed by atoms with Crippen molar-refractivity contribution in [2.45, 2.75) is 32.3 Å². The average Bonchev–Trinajstić information content (AvgIpc) is 3.02. The molecule has 4 nitrogen and oxygen atoms in total. The molecule has 1 aliphatic heterocycles. The van der Waals surface area contributed by atoms with E-state index in [4.69, 9.17) is 0 Å². The molecule has 0 aromatic heterocycles. The number of rotatable bonds is 4. The van der Waals surface area contributed by atoms with Crippen LogP contribution in [-0.2, 0) is 11.2 Å². The van der Waals surface area contributed by atoms with Crippen LogP contribution in [0.5, 0.6) is 0 Å². The van der Waals surface area contributed by atoms with Crippen LogP contribution in [0.4, 0.5) is 5.69 Å². The smallest absolute Gasteiger partial charge is 0.238 e. The van der Waals surface area contributed by atoms with Crippen LogP contribution in [-0.4, -0.2) is 41.7 Å². The molecular formula is C17H24N2O2. The largest absolute Gasteiger partial charge is 0.393 e. The number of amides is 1. The van der Waals surface area contributed by atoms with Gasteiger partial charge in [0.25, 0.3) is 0 Å². The molecule has 2 fully saturated rings. The lowest BCUT2D eigenvalue weighted by molar-refractivity contribution is -0.117. The number of aryl methyl sites for hydroxylation is 1. The summed E-state index contributed by atoms with van der Waals surface area (Å²) < 4.78 is 0. The molecule has 1 aromatic rings. The summed E-state index contributed by atoms with van der Waals surface area (Å²) in [6, 6.07) is 8.01. The second-order valence-electron chi connectivity index (χ2n) is 6.36. The lowest BCUT2D eigenvalue weighted by Crippen LogP contribution is -2.33. The summed E-state index contributed by atoms with van der Waals surface area (Å²) in [5.74, 6) is 0.993. The molecule has 1 amide bonds. The van der Waals surface area contributed by atoms with E-state index >= 15 is 0 Å².